The smallest absolute Gasteiger partial charge is 0.335 e. The topological polar surface area (TPSA) is 105 Å². The number of phenolic OH excluding ortho intramolecular Hbond substituents is 2. The average Bonchev–Trinajstić information content (AvgIpc) is 3.15. The second-order valence-electron chi connectivity index (χ2n) is 14.2. The molecular weight excluding hydrogens is 610 g/mol. The maximum atomic E-state index is 12.6. The molecule has 3 aliphatic rings. The highest BCUT2D eigenvalue weighted by Gasteiger charge is 2.24. The van der Waals surface area contributed by atoms with E-state index in [9.17, 15) is 15.0 Å². The highest BCUT2D eigenvalue weighted by molar-refractivity contribution is 5.85. The molecule has 7 nitrogen and oxygen atoms in total. The van der Waals surface area contributed by atoms with Crippen molar-refractivity contribution in [3.05, 3.63) is 83.9 Å². The van der Waals surface area contributed by atoms with Crippen molar-refractivity contribution in [1.82, 2.24) is 15.0 Å². The molecule has 0 amide bonds. The van der Waals surface area contributed by atoms with Gasteiger partial charge in [-0.3, -0.25) is 0 Å². The largest absolute Gasteiger partial charge is 0.507 e. The fourth-order valence-electron chi connectivity index (χ4n) is 8.24. The number of benzene rings is 3. The van der Waals surface area contributed by atoms with Gasteiger partial charge in [-0.1, -0.05) is 82.6 Å². The van der Waals surface area contributed by atoms with Gasteiger partial charge in [0.05, 0.1) is 16.7 Å². The van der Waals surface area contributed by atoms with Crippen molar-refractivity contribution in [2.75, 3.05) is 0 Å². The number of ether oxygens (including phenoxy) is 1. The SMILES string of the molecule is C=CC(=O)Oc1cc(C2CCCCC2)ccc1-c1nc(-c2ccc(C3CCCCC3)cc2O)nc(-c2ccc(C3CCCCC3)cc2O)n1. The Morgan fingerprint density at radius 2 is 0.939 bits per heavy atom. The highest BCUT2D eigenvalue weighted by Crippen LogP contribution is 2.42. The molecular formula is C42H47N3O4. The van der Waals surface area contributed by atoms with Crippen LogP contribution in [-0.4, -0.2) is 31.1 Å². The number of rotatable bonds is 8. The average molecular weight is 658 g/mol. The van der Waals surface area contributed by atoms with Gasteiger partial charge in [0.15, 0.2) is 17.5 Å². The van der Waals surface area contributed by atoms with Crippen LogP contribution in [0.2, 0.25) is 0 Å². The lowest BCUT2D eigenvalue weighted by molar-refractivity contribution is -0.128. The molecule has 4 aromatic rings. The quantitative estimate of drug-likeness (QED) is 0.110. The van der Waals surface area contributed by atoms with Gasteiger partial charge in [-0.05, 0) is 109 Å². The molecule has 0 aliphatic heterocycles. The predicted octanol–water partition coefficient (Wildman–Crippen LogP) is 10.5. The first-order chi connectivity index (χ1) is 24.0. The number of aromatic hydroxyl groups is 2. The molecule has 7 rings (SSSR count). The number of aromatic nitrogens is 3. The fourth-order valence-corrected chi connectivity index (χ4v) is 8.24. The predicted molar refractivity (Wildman–Crippen MR) is 193 cm³/mol. The van der Waals surface area contributed by atoms with Gasteiger partial charge in [-0.25, -0.2) is 19.7 Å². The first-order valence-corrected chi connectivity index (χ1v) is 18.4. The zero-order valence-electron chi connectivity index (χ0n) is 28.4. The molecule has 49 heavy (non-hydrogen) atoms. The molecule has 3 saturated carbocycles. The molecule has 3 fully saturated rings. The summed E-state index contributed by atoms with van der Waals surface area (Å²) in [5, 5.41) is 22.8. The van der Waals surface area contributed by atoms with E-state index in [1.807, 2.05) is 36.4 Å². The minimum absolute atomic E-state index is 0.106. The summed E-state index contributed by atoms with van der Waals surface area (Å²) in [4.78, 5) is 27.2. The van der Waals surface area contributed by atoms with Crippen LogP contribution in [0.25, 0.3) is 34.2 Å². The van der Waals surface area contributed by atoms with Crippen LogP contribution in [-0.2, 0) is 4.79 Å². The van der Waals surface area contributed by atoms with Gasteiger partial charge >= 0.3 is 5.97 Å². The number of esters is 1. The number of nitrogens with zero attached hydrogens (tertiary/aromatic N) is 3. The Balaban J connectivity index is 1.34. The zero-order valence-corrected chi connectivity index (χ0v) is 28.4. The maximum Gasteiger partial charge on any atom is 0.335 e. The van der Waals surface area contributed by atoms with Crippen LogP contribution >= 0.6 is 0 Å². The Morgan fingerprint density at radius 1 is 0.571 bits per heavy atom. The van der Waals surface area contributed by atoms with E-state index in [4.69, 9.17) is 19.7 Å². The van der Waals surface area contributed by atoms with Crippen molar-refractivity contribution >= 4 is 5.97 Å². The molecule has 3 aliphatic carbocycles. The Kier molecular flexibility index (Phi) is 10.1. The van der Waals surface area contributed by atoms with Gasteiger partial charge in [-0.15, -0.1) is 0 Å². The second kappa shape index (κ2) is 14.9. The van der Waals surface area contributed by atoms with Crippen molar-refractivity contribution in [3.8, 4) is 51.4 Å². The Labute approximate surface area is 289 Å². The van der Waals surface area contributed by atoms with Crippen LogP contribution < -0.4 is 4.74 Å². The molecule has 3 aromatic carbocycles. The molecule has 254 valence electrons. The summed E-state index contributed by atoms with van der Waals surface area (Å²) < 4.78 is 5.83. The third kappa shape index (κ3) is 7.41. The van der Waals surface area contributed by atoms with E-state index < -0.39 is 5.97 Å². The lowest BCUT2D eigenvalue weighted by Gasteiger charge is -2.23. The van der Waals surface area contributed by atoms with Crippen molar-refractivity contribution in [1.29, 1.82) is 0 Å². The summed E-state index contributed by atoms with van der Waals surface area (Å²) >= 11 is 0. The number of hydrogen-bond acceptors (Lipinski definition) is 7. The number of phenols is 2. The van der Waals surface area contributed by atoms with Gasteiger partial charge in [0.25, 0.3) is 0 Å². The third-order valence-electron chi connectivity index (χ3n) is 11.0. The summed E-state index contributed by atoms with van der Waals surface area (Å²) in [7, 11) is 0. The van der Waals surface area contributed by atoms with Gasteiger partial charge < -0.3 is 14.9 Å². The molecule has 0 radical (unpaired) electrons. The number of hydrogen-bond donors (Lipinski definition) is 2. The Hall–Kier alpha value is -4.52. The van der Waals surface area contributed by atoms with Crippen LogP contribution in [0.3, 0.4) is 0 Å². The summed E-state index contributed by atoms with van der Waals surface area (Å²) in [5.41, 5.74) is 4.86. The van der Waals surface area contributed by atoms with E-state index in [1.165, 1.54) is 57.8 Å². The molecule has 0 spiro atoms. The van der Waals surface area contributed by atoms with E-state index >= 15 is 0 Å². The molecule has 0 bridgehead atoms. The molecule has 1 aromatic heterocycles. The van der Waals surface area contributed by atoms with E-state index in [1.54, 1.807) is 0 Å². The molecule has 0 unspecified atom stereocenters. The van der Waals surface area contributed by atoms with E-state index in [0.717, 1.165) is 61.3 Å². The van der Waals surface area contributed by atoms with Crippen LogP contribution in [0.5, 0.6) is 17.2 Å². The van der Waals surface area contributed by atoms with Gasteiger partial charge in [-0.2, -0.15) is 0 Å². The summed E-state index contributed by atoms with van der Waals surface area (Å²) in [6.45, 7) is 3.61. The number of carbonyl (C=O) groups is 1. The van der Waals surface area contributed by atoms with Crippen molar-refractivity contribution in [2.24, 2.45) is 0 Å². The fraction of sp³-hybridized carbons (Fsp3) is 0.429. The lowest BCUT2D eigenvalue weighted by atomic mass is 9.83. The molecule has 7 heteroatoms. The van der Waals surface area contributed by atoms with E-state index in [2.05, 4.69) is 24.8 Å². The second-order valence-corrected chi connectivity index (χ2v) is 14.2. The van der Waals surface area contributed by atoms with Crippen LogP contribution in [0.4, 0.5) is 0 Å². The minimum atomic E-state index is -0.566. The highest BCUT2D eigenvalue weighted by atomic mass is 16.5. The molecule has 1 heterocycles. The van der Waals surface area contributed by atoms with Gasteiger partial charge in [0.2, 0.25) is 0 Å². The minimum Gasteiger partial charge on any atom is -0.507 e. The molecule has 2 N–H and O–H groups in total. The first kappa shape index (κ1) is 33.0. The Bertz CT molecular complexity index is 1730. The van der Waals surface area contributed by atoms with Crippen LogP contribution in [0.15, 0.2) is 67.3 Å². The van der Waals surface area contributed by atoms with Crippen LogP contribution in [0, 0.1) is 0 Å². The monoisotopic (exact) mass is 657 g/mol. The lowest BCUT2D eigenvalue weighted by Crippen LogP contribution is -2.09. The first-order valence-electron chi connectivity index (χ1n) is 18.4. The maximum absolute atomic E-state index is 12.6. The summed E-state index contributed by atoms with van der Waals surface area (Å²) in [6, 6.07) is 17.5. The normalized spacial score (nSPS) is 17.9. The van der Waals surface area contributed by atoms with Crippen LogP contribution in [0.1, 0.15) is 131 Å². The van der Waals surface area contributed by atoms with Gasteiger partial charge in [0.1, 0.15) is 17.2 Å². The zero-order chi connectivity index (χ0) is 33.7. The van der Waals surface area contributed by atoms with E-state index in [-0.39, 0.29) is 29.0 Å². The molecule has 0 saturated heterocycles. The summed E-state index contributed by atoms with van der Waals surface area (Å²) in [5.74, 6) is 2.10. The van der Waals surface area contributed by atoms with Crippen molar-refractivity contribution < 1.29 is 19.7 Å². The van der Waals surface area contributed by atoms with Crippen molar-refractivity contribution in [3.63, 3.8) is 0 Å². The van der Waals surface area contributed by atoms with E-state index in [0.29, 0.717) is 40.2 Å². The summed E-state index contributed by atoms with van der Waals surface area (Å²) in [6.07, 6.45) is 18.8. The van der Waals surface area contributed by atoms with Gasteiger partial charge in [0, 0.05) is 6.08 Å². The molecule has 0 atom stereocenters. The van der Waals surface area contributed by atoms with Crippen molar-refractivity contribution in [2.45, 2.75) is 114 Å². The standard InChI is InChI=1S/C42H47N3O4/c1-2-39(48)49-38-26-32(29-16-10-5-11-17-29)20-23-35(38)42-44-40(33-21-18-30(24-36(33)46)27-12-6-3-7-13-27)43-41(45-42)34-22-19-31(25-37(34)47)28-14-8-4-9-15-28/h2,18-29,46-47H,1,3-17H2. The Morgan fingerprint density at radius 3 is 1.33 bits per heavy atom. The number of carbonyl (C=O) groups excluding carboxylic acids is 1. The third-order valence-corrected chi connectivity index (χ3v) is 11.0.